The molecule has 0 amide bonds. The fraction of sp³-hybridized carbons (Fsp3) is 0.0667. The maximum atomic E-state index is 5.85. The first-order chi connectivity index (χ1) is 8.27. The van der Waals surface area contributed by atoms with Gasteiger partial charge >= 0.3 is 0 Å². The quantitative estimate of drug-likeness (QED) is 0.568. The number of rotatable bonds is 4. The third-order valence-electron chi connectivity index (χ3n) is 2.52. The third-order valence-corrected chi connectivity index (χ3v) is 2.52. The van der Waals surface area contributed by atoms with Crippen molar-refractivity contribution in [3.63, 3.8) is 0 Å². The van der Waals surface area contributed by atoms with Crippen LogP contribution in [0.5, 0.6) is 0 Å². The molecule has 17 heavy (non-hydrogen) atoms. The number of ether oxygens (including phenoxy) is 1. The van der Waals surface area contributed by atoms with Gasteiger partial charge in [0.1, 0.15) is 20.2 Å². The molecule has 1 nitrogen and oxygen atoms in total. The second-order valence-electron chi connectivity index (χ2n) is 3.78. The minimum Gasteiger partial charge on any atom is -0.489 e. The Bertz CT molecular complexity index is 505. The summed E-state index contributed by atoms with van der Waals surface area (Å²) < 4.78 is 5.62. The highest BCUT2D eigenvalue weighted by Gasteiger charge is 2.02. The zero-order valence-corrected chi connectivity index (χ0v) is 9.60. The molecule has 0 spiro atoms. The van der Waals surface area contributed by atoms with Crippen LogP contribution >= 0.6 is 0 Å². The fourth-order valence-electron chi connectivity index (χ4n) is 1.57. The third kappa shape index (κ3) is 3.00. The Hall–Kier alpha value is -1.96. The van der Waals surface area contributed by atoms with Gasteiger partial charge in [-0.2, -0.15) is 0 Å². The van der Waals surface area contributed by atoms with Gasteiger partial charge in [-0.25, -0.2) is 0 Å². The normalized spacial score (nSPS) is 9.88. The van der Waals surface area contributed by atoms with Gasteiger partial charge in [0.15, 0.2) is 0 Å². The fourth-order valence-corrected chi connectivity index (χ4v) is 1.57. The maximum Gasteiger partial charge on any atom is 0.119 e. The molecule has 0 saturated carbocycles. The van der Waals surface area contributed by atoms with Crippen LogP contribution in [0.4, 0.5) is 0 Å². The van der Waals surface area contributed by atoms with Gasteiger partial charge in [-0.1, -0.05) is 66.6 Å². The second-order valence-corrected chi connectivity index (χ2v) is 3.78. The van der Waals surface area contributed by atoms with Gasteiger partial charge < -0.3 is 4.74 Å². The Morgan fingerprint density at radius 2 is 1.65 bits per heavy atom. The molecule has 0 heterocycles. The van der Waals surface area contributed by atoms with E-state index in [9.17, 15) is 0 Å². The molecule has 2 aromatic carbocycles. The molecule has 0 atom stereocenters. The second kappa shape index (κ2) is 5.40. The van der Waals surface area contributed by atoms with E-state index in [2.05, 4.69) is 6.58 Å². The van der Waals surface area contributed by atoms with E-state index >= 15 is 0 Å². The summed E-state index contributed by atoms with van der Waals surface area (Å²) in [5.74, 6) is 0.604. The van der Waals surface area contributed by atoms with Gasteiger partial charge in [0.25, 0.3) is 0 Å². The lowest BCUT2D eigenvalue weighted by Crippen LogP contribution is -2.09. The van der Waals surface area contributed by atoms with Crippen LogP contribution in [0.1, 0.15) is 11.1 Å². The van der Waals surface area contributed by atoms with E-state index in [0.717, 1.165) is 11.1 Å². The minimum absolute atomic E-state index is 0.508. The molecule has 0 aliphatic carbocycles. The molecular formula is C15H13BO. The highest BCUT2D eigenvalue weighted by molar-refractivity contribution is 6.34. The van der Waals surface area contributed by atoms with Crippen LogP contribution in [0.25, 0.3) is 5.76 Å². The summed E-state index contributed by atoms with van der Waals surface area (Å²) in [6.07, 6.45) is 0. The molecule has 2 rings (SSSR count). The van der Waals surface area contributed by atoms with Crippen molar-refractivity contribution in [2.45, 2.75) is 6.61 Å². The van der Waals surface area contributed by atoms with E-state index in [1.807, 2.05) is 54.6 Å². The Morgan fingerprint density at radius 3 is 2.35 bits per heavy atom. The van der Waals surface area contributed by atoms with Gasteiger partial charge in [0.2, 0.25) is 0 Å². The minimum atomic E-state index is 0.508. The molecule has 2 radical (unpaired) electrons. The first-order valence-electron chi connectivity index (χ1n) is 5.48. The lowest BCUT2D eigenvalue weighted by molar-refractivity contribution is 0.265. The van der Waals surface area contributed by atoms with Gasteiger partial charge in [-0.05, 0) is 5.56 Å². The SMILES string of the molecule is [B]c1ccccc1C(=C)OCc1ccccc1. The van der Waals surface area contributed by atoms with Crippen molar-refractivity contribution >= 4 is 19.1 Å². The monoisotopic (exact) mass is 220 g/mol. The Balaban J connectivity index is 2.01. The first-order valence-corrected chi connectivity index (χ1v) is 5.48. The highest BCUT2D eigenvalue weighted by atomic mass is 16.5. The van der Waals surface area contributed by atoms with Gasteiger partial charge in [-0.15, -0.1) is 0 Å². The predicted molar refractivity (Wildman–Crippen MR) is 72.1 cm³/mol. The Labute approximate surface area is 103 Å². The maximum absolute atomic E-state index is 5.85. The predicted octanol–water partition coefficient (Wildman–Crippen LogP) is 2.67. The lowest BCUT2D eigenvalue weighted by Gasteiger charge is -2.11. The van der Waals surface area contributed by atoms with Crippen LogP contribution in [0.3, 0.4) is 0 Å². The Kier molecular flexibility index (Phi) is 3.66. The summed E-state index contributed by atoms with van der Waals surface area (Å²) in [4.78, 5) is 0. The summed E-state index contributed by atoms with van der Waals surface area (Å²) in [7, 11) is 5.85. The summed E-state index contributed by atoms with van der Waals surface area (Å²) in [6.45, 7) is 4.41. The Morgan fingerprint density at radius 1 is 1.00 bits per heavy atom. The van der Waals surface area contributed by atoms with Crippen molar-refractivity contribution in [3.05, 3.63) is 72.3 Å². The summed E-state index contributed by atoms with van der Waals surface area (Å²) in [6, 6.07) is 17.5. The lowest BCUT2D eigenvalue weighted by atomic mass is 9.90. The molecule has 0 aliphatic heterocycles. The highest BCUT2D eigenvalue weighted by Crippen LogP contribution is 2.13. The first kappa shape index (κ1) is 11.5. The molecule has 0 aliphatic rings. The molecule has 0 unspecified atom stereocenters. The molecule has 82 valence electrons. The van der Waals surface area contributed by atoms with Crippen LogP contribution in [-0.4, -0.2) is 7.85 Å². The average molecular weight is 220 g/mol. The number of hydrogen-bond acceptors (Lipinski definition) is 1. The summed E-state index contributed by atoms with van der Waals surface area (Å²) in [5, 5.41) is 0. The van der Waals surface area contributed by atoms with E-state index in [-0.39, 0.29) is 0 Å². The van der Waals surface area contributed by atoms with Crippen LogP contribution in [0.2, 0.25) is 0 Å². The molecule has 2 heteroatoms. The van der Waals surface area contributed by atoms with E-state index in [1.54, 1.807) is 0 Å². The molecule has 0 fully saturated rings. The van der Waals surface area contributed by atoms with Gasteiger partial charge in [0, 0.05) is 5.56 Å². The topological polar surface area (TPSA) is 9.23 Å². The largest absolute Gasteiger partial charge is 0.489 e. The summed E-state index contributed by atoms with van der Waals surface area (Å²) in [5.41, 5.74) is 2.65. The van der Waals surface area contributed by atoms with Crippen molar-refractivity contribution in [1.82, 2.24) is 0 Å². The zero-order valence-electron chi connectivity index (χ0n) is 9.60. The molecule has 0 aromatic heterocycles. The standard InChI is InChI=1S/C15H13BO/c1-12(14-9-5-6-10-15(14)16)17-11-13-7-3-2-4-8-13/h2-10H,1,11H2. The molecule has 0 N–H and O–H groups in total. The average Bonchev–Trinajstić information content (AvgIpc) is 2.38. The van der Waals surface area contributed by atoms with Crippen molar-refractivity contribution in [1.29, 1.82) is 0 Å². The van der Waals surface area contributed by atoms with Crippen LogP contribution in [-0.2, 0) is 11.3 Å². The zero-order chi connectivity index (χ0) is 12.1. The molecule has 0 bridgehead atoms. The van der Waals surface area contributed by atoms with Crippen molar-refractivity contribution in [3.8, 4) is 0 Å². The molecule has 0 saturated heterocycles. The summed E-state index contributed by atoms with van der Waals surface area (Å²) >= 11 is 0. The van der Waals surface area contributed by atoms with Crippen molar-refractivity contribution in [2.75, 3.05) is 0 Å². The van der Waals surface area contributed by atoms with Gasteiger partial charge in [0.05, 0.1) is 0 Å². The van der Waals surface area contributed by atoms with E-state index in [4.69, 9.17) is 12.6 Å². The van der Waals surface area contributed by atoms with Gasteiger partial charge in [-0.3, -0.25) is 0 Å². The van der Waals surface area contributed by atoms with E-state index < -0.39 is 0 Å². The van der Waals surface area contributed by atoms with Crippen LogP contribution < -0.4 is 5.46 Å². The molecule has 2 aromatic rings. The number of hydrogen-bond donors (Lipinski definition) is 0. The number of benzene rings is 2. The van der Waals surface area contributed by atoms with E-state index in [1.165, 1.54) is 0 Å². The van der Waals surface area contributed by atoms with Crippen LogP contribution in [0, 0.1) is 0 Å². The van der Waals surface area contributed by atoms with E-state index in [0.29, 0.717) is 17.8 Å². The van der Waals surface area contributed by atoms with Crippen molar-refractivity contribution < 1.29 is 4.74 Å². The molecular weight excluding hydrogens is 207 g/mol. The van der Waals surface area contributed by atoms with Crippen molar-refractivity contribution in [2.24, 2.45) is 0 Å². The smallest absolute Gasteiger partial charge is 0.119 e. The van der Waals surface area contributed by atoms with Crippen LogP contribution in [0.15, 0.2) is 61.2 Å².